The molecule has 2 atom stereocenters. The summed E-state index contributed by atoms with van der Waals surface area (Å²) in [6.07, 6.45) is 3.81. The van der Waals surface area contributed by atoms with E-state index in [2.05, 4.69) is 10.2 Å². The SMILES string of the molecule is CS(=O)(=O)c1ccc(N2C[C@@H]3CCCN[C@@H]3C2)cc1. The summed E-state index contributed by atoms with van der Waals surface area (Å²) in [5, 5.41) is 3.58. The highest BCUT2D eigenvalue weighted by atomic mass is 32.2. The van der Waals surface area contributed by atoms with Gasteiger partial charge in [0.25, 0.3) is 0 Å². The van der Waals surface area contributed by atoms with Crippen LogP contribution >= 0.6 is 0 Å². The molecule has 0 bridgehead atoms. The lowest BCUT2D eigenvalue weighted by molar-refractivity contribution is 0.340. The molecule has 0 amide bonds. The Balaban J connectivity index is 1.77. The van der Waals surface area contributed by atoms with Crippen LogP contribution in [0.3, 0.4) is 0 Å². The quantitative estimate of drug-likeness (QED) is 0.886. The van der Waals surface area contributed by atoms with Crippen molar-refractivity contribution in [1.29, 1.82) is 0 Å². The van der Waals surface area contributed by atoms with Gasteiger partial charge in [0.2, 0.25) is 0 Å². The van der Waals surface area contributed by atoms with Gasteiger partial charge in [-0.3, -0.25) is 0 Å². The molecule has 104 valence electrons. The number of hydrogen-bond acceptors (Lipinski definition) is 4. The number of anilines is 1. The Bertz CT molecular complexity index is 539. The summed E-state index contributed by atoms with van der Waals surface area (Å²) in [6.45, 7) is 3.24. The van der Waals surface area contributed by atoms with E-state index in [0.717, 1.165) is 31.2 Å². The number of piperidine rings is 1. The van der Waals surface area contributed by atoms with Crippen LogP contribution in [0.25, 0.3) is 0 Å². The monoisotopic (exact) mass is 280 g/mol. The average Bonchev–Trinajstić information content (AvgIpc) is 2.81. The Morgan fingerprint density at radius 1 is 1.21 bits per heavy atom. The van der Waals surface area contributed by atoms with Gasteiger partial charge in [0, 0.05) is 31.1 Å². The highest BCUT2D eigenvalue weighted by Gasteiger charge is 2.34. The molecule has 0 unspecified atom stereocenters. The van der Waals surface area contributed by atoms with E-state index in [1.165, 1.54) is 19.1 Å². The highest BCUT2D eigenvalue weighted by molar-refractivity contribution is 7.90. The lowest BCUT2D eigenvalue weighted by atomic mass is 9.94. The molecule has 2 fully saturated rings. The van der Waals surface area contributed by atoms with Gasteiger partial charge in [0.1, 0.15) is 0 Å². The second-order valence-corrected chi connectivity index (χ2v) is 7.65. The molecular weight excluding hydrogens is 260 g/mol. The molecule has 1 N–H and O–H groups in total. The molecule has 2 aliphatic rings. The number of nitrogens with zero attached hydrogens (tertiary/aromatic N) is 1. The molecular formula is C14H20N2O2S. The van der Waals surface area contributed by atoms with Crippen LogP contribution in [-0.4, -0.2) is 40.3 Å². The molecule has 19 heavy (non-hydrogen) atoms. The van der Waals surface area contributed by atoms with Crippen molar-refractivity contribution in [3.63, 3.8) is 0 Å². The Labute approximate surface area is 114 Å². The molecule has 0 aromatic heterocycles. The Kier molecular flexibility index (Phi) is 3.27. The fourth-order valence-corrected chi connectivity index (χ4v) is 3.79. The van der Waals surface area contributed by atoms with Gasteiger partial charge in [-0.15, -0.1) is 0 Å². The van der Waals surface area contributed by atoms with Crippen LogP contribution in [0.5, 0.6) is 0 Å². The molecule has 1 aromatic rings. The minimum absolute atomic E-state index is 0.394. The summed E-state index contributed by atoms with van der Waals surface area (Å²) in [7, 11) is -3.09. The molecule has 5 heteroatoms. The zero-order chi connectivity index (χ0) is 13.5. The average molecular weight is 280 g/mol. The molecule has 2 saturated heterocycles. The first-order valence-corrected chi connectivity index (χ1v) is 8.71. The van der Waals surface area contributed by atoms with Gasteiger partial charge < -0.3 is 10.2 Å². The molecule has 2 heterocycles. The normalized spacial score (nSPS) is 27.3. The summed E-state index contributed by atoms with van der Waals surface area (Å²) >= 11 is 0. The Morgan fingerprint density at radius 2 is 1.95 bits per heavy atom. The van der Waals surface area contributed by atoms with E-state index >= 15 is 0 Å². The number of fused-ring (bicyclic) bond motifs is 1. The minimum atomic E-state index is -3.09. The maximum atomic E-state index is 11.4. The zero-order valence-electron chi connectivity index (χ0n) is 11.2. The second-order valence-electron chi connectivity index (χ2n) is 5.63. The van der Waals surface area contributed by atoms with Gasteiger partial charge in [-0.25, -0.2) is 8.42 Å². The van der Waals surface area contributed by atoms with Crippen molar-refractivity contribution >= 4 is 15.5 Å². The van der Waals surface area contributed by atoms with Crippen molar-refractivity contribution in [3.05, 3.63) is 24.3 Å². The first-order valence-electron chi connectivity index (χ1n) is 6.82. The van der Waals surface area contributed by atoms with Crippen LogP contribution in [-0.2, 0) is 9.84 Å². The molecule has 4 nitrogen and oxygen atoms in total. The minimum Gasteiger partial charge on any atom is -0.370 e. The molecule has 0 radical (unpaired) electrons. The molecule has 2 aliphatic heterocycles. The standard InChI is InChI=1S/C14H20N2O2S/c1-19(17,18)13-6-4-12(5-7-13)16-9-11-3-2-8-15-14(11)10-16/h4-7,11,14-15H,2-3,8-10H2,1H3/t11-,14+/m0/s1. The Morgan fingerprint density at radius 3 is 2.58 bits per heavy atom. The summed E-state index contributed by atoms with van der Waals surface area (Å²) in [5.41, 5.74) is 1.13. The van der Waals surface area contributed by atoms with E-state index in [1.807, 2.05) is 12.1 Å². The number of nitrogens with one attached hydrogen (secondary N) is 1. The summed E-state index contributed by atoms with van der Waals surface area (Å²) < 4.78 is 22.9. The molecule has 0 saturated carbocycles. The van der Waals surface area contributed by atoms with Crippen molar-refractivity contribution in [1.82, 2.24) is 5.32 Å². The number of sulfone groups is 1. The summed E-state index contributed by atoms with van der Waals surface area (Å²) in [6, 6.07) is 7.87. The van der Waals surface area contributed by atoms with Gasteiger partial charge in [-0.1, -0.05) is 0 Å². The second kappa shape index (κ2) is 4.80. The largest absolute Gasteiger partial charge is 0.370 e. The summed E-state index contributed by atoms with van der Waals surface area (Å²) in [4.78, 5) is 2.76. The van der Waals surface area contributed by atoms with Crippen LogP contribution in [0, 0.1) is 5.92 Å². The van der Waals surface area contributed by atoms with E-state index in [0.29, 0.717) is 10.9 Å². The maximum absolute atomic E-state index is 11.4. The first-order chi connectivity index (χ1) is 9.04. The number of benzene rings is 1. The van der Waals surface area contributed by atoms with Gasteiger partial charge in [-0.2, -0.15) is 0 Å². The van der Waals surface area contributed by atoms with E-state index in [1.54, 1.807) is 12.1 Å². The number of hydrogen-bond donors (Lipinski definition) is 1. The predicted molar refractivity (Wildman–Crippen MR) is 76.3 cm³/mol. The smallest absolute Gasteiger partial charge is 0.175 e. The molecule has 0 spiro atoms. The van der Waals surface area contributed by atoms with Gasteiger partial charge in [0.15, 0.2) is 9.84 Å². The predicted octanol–water partition coefficient (Wildman–Crippen LogP) is 1.28. The van der Waals surface area contributed by atoms with Crippen LogP contribution in [0.2, 0.25) is 0 Å². The van der Waals surface area contributed by atoms with E-state index in [4.69, 9.17) is 0 Å². The van der Waals surface area contributed by atoms with Gasteiger partial charge >= 0.3 is 0 Å². The fourth-order valence-electron chi connectivity index (χ4n) is 3.16. The summed E-state index contributed by atoms with van der Waals surface area (Å²) in [5.74, 6) is 0.739. The topological polar surface area (TPSA) is 49.4 Å². The third-order valence-corrected chi connectivity index (χ3v) is 5.36. The first kappa shape index (κ1) is 12.9. The van der Waals surface area contributed by atoms with Crippen molar-refractivity contribution in [2.24, 2.45) is 5.92 Å². The van der Waals surface area contributed by atoms with Crippen molar-refractivity contribution in [3.8, 4) is 0 Å². The van der Waals surface area contributed by atoms with E-state index in [9.17, 15) is 8.42 Å². The highest BCUT2D eigenvalue weighted by Crippen LogP contribution is 2.29. The lowest BCUT2D eigenvalue weighted by Gasteiger charge is -2.24. The van der Waals surface area contributed by atoms with Crippen molar-refractivity contribution in [2.75, 3.05) is 30.8 Å². The fraction of sp³-hybridized carbons (Fsp3) is 0.571. The van der Waals surface area contributed by atoms with Gasteiger partial charge in [-0.05, 0) is 49.6 Å². The number of rotatable bonds is 2. The maximum Gasteiger partial charge on any atom is 0.175 e. The zero-order valence-corrected chi connectivity index (χ0v) is 12.0. The van der Waals surface area contributed by atoms with Gasteiger partial charge in [0.05, 0.1) is 4.90 Å². The Hall–Kier alpha value is -1.07. The van der Waals surface area contributed by atoms with Crippen molar-refractivity contribution in [2.45, 2.75) is 23.8 Å². The van der Waals surface area contributed by atoms with Crippen LogP contribution in [0.15, 0.2) is 29.2 Å². The van der Waals surface area contributed by atoms with E-state index < -0.39 is 9.84 Å². The molecule has 3 rings (SSSR count). The van der Waals surface area contributed by atoms with Crippen LogP contribution in [0.4, 0.5) is 5.69 Å². The third-order valence-electron chi connectivity index (χ3n) is 4.23. The van der Waals surface area contributed by atoms with Crippen LogP contribution < -0.4 is 10.2 Å². The molecule has 0 aliphatic carbocycles. The lowest BCUT2D eigenvalue weighted by Crippen LogP contribution is -2.40. The van der Waals surface area contributed by atoms with Crippen LogP contribution in [0.1, 0.15) is 12.8 Å². The van der Waals surface area contributed by atoms with Crippen molar-refractivity contribution < 1.29 is 8.42 Å². The molecule has 1 aromatic carbocycles. The van der Waals surface area contributed by atoms with E-state index in [-0.39, 0.29) is 0 Å². The third kappa shape index (κ3) is 2.62.